The molecule has 2 heterocycles. The highest BCUT2D eigenvalue weighted by atomic mass is 35.5. The summed E-state index contributed by atoms with van der Waals surface area (Å²) in [6, 6.07) is 8.45. The maximum absolute atomic E-state index is 13.9. The van der Waals surface area contributed by atoms with Crippen LogP contribution in [0.5, 0.6) is 0 Å². The first-order valence-corrected chi connectivity index (χ1v) is 9.92. The number of carbonyl (C=O) groups excluding carboxylic acids is 1. The molecule has 1 aromatic heterocycles. The van der Waals surface area contributed by atoms with Crippen molar-refractivity contribution in [3.8, 4) is 0 Å². The number of likely N-dealkylation sites (tertiary alicyclic amines) is 1. The zero-order valence-electron chi connectivity index (χ0n) is 16.5. The van der Waals surface area contributed by atoms with Crippen LogP contribution in [0.1, 0.15) is 37.0 Å². The molecule has 1 N–H and O–H groups in total. The second-order valence-corrected chi connectivity index (χ2v) is 7.89. The molecule has 1 saturated heterocycles. The highest BCUT2D eigenvalue weighted by Gasteiger charge is 2.26. The van der Waals surface area contributed by atoms with Gasteiger partial charge in [0.25, 0.3) is 5.91 Å². The zero-order valence-corrected chi connectivity index (χ0v) is 17.2. The number of nitrogens with one attached hydrogen (secondary N) is 1. The summed E-state index contributed by atoms with van der Waals surface area (Å²) >= 11 is 5.83. The molecular weight excluding hydrogens is 379 g/mol. The minimum atomic E-state index is -0.444. The summed E-state index contributed by atoms with van der Waals surface area (Å²) in [6.45, 7) is 6.45. The summed E-state index contributed by atoms with van der Waals surface area (Å²) < 4.78 is 13.9. The van der Waals surface area contributed by atoms with Crippen LogP contribution in [-0.2, 0) is 0 Å². The van der Waals surface area contributed by atoms with Gasteiger partial charge >= 0.3 is 0 Å². The van der Waals surface area contributed by atoms with Crippen LogP contribution in [0, 0.1) is 5.82 Å². The van der Waals surface area contributed by atoms with Crippen molar-refractivity contribution in [3.05, 3.63) is 52.9 Å². The van der Waals surface area contributed by atoms with Crippen molar-refractivity contribution >= 4 is 29.0 Å². The number of piperidine rings is 1. The van der Waals surface area contributed by atoms with Crippen molar-refractivity contribution in [2.24, 2.45) is 0 Å². The number of amides is 1. The van der Waals surface area contributed by atoms with Crippen molar-refractivity contribution < 1.29 is 9.18 Å². The zero-order chi connectivity index (χ0) is 20.3. The molecule has 0 aliphatic carbocycles. The van der Waals surface area contributed by atoms with Crippen molar-refractivity contribution in [1.29, 1.82) is 0 Å². The quantitative estimate of drug-likeness (QED) is 0.800. The molecule has 0 bridgehead atoms. The van der Waals surface area contributed by atoms with E-state index in [1.807, 2.05) is 7.05 Å². The molecule has 0 unspecified atom stereocenters. The number of aromatic nitrogens is 1. The van der Waals surface area contributed by atoms with Gasteiger partial charge in [0, 0.05) is 44.1 Å². The number of rotatable bonds is 5. The van der Waals surface area contributed by atoms with Gasteiger partial charge in [0.05, 0.1) is 10.6 Å². The van der Waals surface area contributed by atoms with Crippen LogP contribution in [0.4, 0.5) is 15.9 Å². The van der Waals surface area contributed by atoms with Crippen LogP contribution >= 0.6 is 11.6 Å². The van der Waals surface area contributed by atoms with Gasteiger partial charge in [0.2, 0.25) is 0 Å². The standard InChI is InChI=1S/C21H26ClFN4O/c1-14(2)27-10-8-17(9-11-27)26(3)19-6-5-16(23)12-18(19)21(28)25-20-7-4-15(22)13-24-20/h4-7,12-14,17H,8-11H2,1-3H3,(H,24,25,28). The molecule has 2 aromatic rings. The molecule has 28 heavy (non-hydrogen) atoms. The van der Waals surface area contributed by atoms with Gasteiger partial charge in [0.1, 0.15) is 11.6 Å². The third kappa shape index (κ3) is 4.80. The number of nitrogens with zero attached hydrogens (tertiary/aromatic N) is 3. The highest BCUT2D eigenvalue weighted by molar-refractivity contribution is 6.30. The lowest BCUT2D eigenvalue weighted by Gasteiger charge is -2.39. The Bertz CT molecular complexity index is 820. The van der Waals surface area contributed by atoms with Gasteiger partial charge in [-0.3, -0.25) is 4.79 Å². The summed E-state index contributed by atoms with van der Waals surface area (Å²) in [5.41, 5.74) is 1.02. The topological polar surface area (TPSA) is 48.5 Å². The van der Waals surface area contributed by atoms with E-state index in [0.29, 0.717) is 28.5 Å². The average molecular weight is 405 g/mol. The Morgan fingerprint density at radius 1 is 1.29 bits per heavy atom. The summed E-state index contributed by atoms with van der Waals surface area (Å²) in [6.07, 6.45) is 3.47. The molecule has 3 rings (SSSR count). The Kier molecular flexibility index (Phi) is 6.52. The fraction of sp³-hybridized carbons (Fsp3) is 0.429. The Morgan fingerprint density at radius 2 is 2.00 bits per heavy atom. The number of hydrogen-bond acceptors (Lipinski definition) is 4. The molecule has 0 saturated carbocycles. The third-order valence-electron chi connectivity index (χ3n) is 5.33. The molecule has 1 aromatic carbocycles. The Morgan fingerprint density at radius 3 is 2.61 bits per heavy atom. The Balaban J connectivity index is 1.78. The number of halogens is 2. The summed E-state index contributed by atoms with van der Waals surface area (Å²) in [4.78, 5) is 21.4. The van der Waals surface area contributed by atoms with Crippen molar-refractivity contribution in [2.75, 3.05) is 30.4 Å². The summed E-state index contributed by atoms with van der Waals surface area (Å²) in [5, 5.41) is 3.21. The highest BCUT2D eigenvalue weighted by Crippen LogP contribution is 2.27. The van der Waals surface area contributed by atoms with E-state index in [1.54, 1.807) is 18.2 Å². The summed E-state index contributed by atoms with van der Waals surface area (Å²) in [7, 11) is 1.97. The predicted octanol–water partition coefficient (Wildman–Crippen LogP) is 4.44. The number of pyridine rings is 1. The second kappa shape index (κ2) is 8.88. The molecule has 1 aliphatic heterocycles. The molecule has 0 atom stereocenters. The Labute approximate surface area is 170 Å². The molecule has 1 fully saturated rings. The van der Waals surface area contributed by atoms with Crippen LogP contribution in [0.2, 0.25) is 5.02 Å². The molecule has 5 nitrogen and oxygen atoms in total. The van der Waals surface area contributed by atoms with E-state index in [0.717, 1.165) is 31.6 Å². The second-order valence-electron chi connectivity index (χ2n) is 7.45. The SMILES string of the molecule is CC(C)N1CCC(N(C)c2ccc(F)cc2C(=O)Nc2ccc(Cl)cn2)CC1. The van der Waals surface area contributed by atoms with Crippen LogP contribution in [0.15, 0.2) is 36.5 Å². The smallest absolute Gasteiger partial charge is 0.259 e. The minimum Gasteiger partial charge on any atom is -0.371 e. The molecule has 150 valence electrons. The number of hydrogen-bond donors (Lipinski definition) is 1. The van der Waals surface area contributed by atoms with Gasteiger partial charge in [-0.05, 0) is 57.0 Å². The first kappa shape index (κ1) is 20.6. The number of carbonyl (C=O) groups is 1. The van der Waals surface area contributed by atoms with Gasteiger partial charge < -0.3 is 15.1 Å². The van der Waals surface area contributed by atoms with E-state index in [-0.39, 0.29) is 0 Å². The first-order valence-electron chi connectivity index (χ1n) is 9.54. The van der Waals surface area contributed by atoms with E-state index in [9.17, 15) is 9.18 Å². The average Bonchev–Trinajstić information content (AvgIpc) is 2.69. The minimum absolute atomic E-state index is 0.297. The lowest BCUT2D eigenvalue weighted by atomic mass is 10.0. The molecular formula is C21H26ClFN4O. The van der Waals surface area contributed by atoms with Crippen molar-refractivity contribution in [3.63, 3.8) is 0 Å². The maximum atomic E-state index is 13.9. The van der Waals surface area contributed by atoms with Gasteiger partial charge in [0.15, 0.2) is 0 Å². The monoisotopic (exact) mass is 404 g/mol. The van der Waals surface area contributed by atoms with Crippen LogP contribution < -0.4 is 10.2 Å². The van der Waals surface area contributed by atoms with Gasteiger partial charge in [-0.15, -0.1) is 0 Å². The van der Waals surface area contributed by atoms with E-state index >= 15 is 0 Å². The molecule has 0 spiro atoms. The van der Waals surface area contributed by atoms with Crippen molar-refractivity contribution in [1.82, 2.24) is 9.88 Å². The third-order valence-corrected chi connectivity index (χ3v) is 5.55. The largest absolute Gasteiger partial charge is 0.371 e. The Hall–Kier alpha value is -2.18. The van der Waals surface area contributed by atoms with Crippen LogP contribution in [-0.4, -0.2) is 48.0 Å². The fourth-order valence-corrected chi connectivity index (χ4v) is 3.73. The van der Waals surface area contributed by atoms with Gasteiger partial charge in [-0.25, -0.2) is 9.37 Å². The molecule has 0 radical (unpaired) electrons. The van der Waals surface area contributed by atoms with Crippen molar-refractivity contribution in [2.45, 2.75) is 38.8 Å². The predicted molar refractivity (Wildman–Crippen MR) is 112 cm³/mol. The summed E-state index contributed by atoms with van der Waals surface area (Å²) in [5.74, 6) is -0.464. The van der Waals surface area contributed by atoms with Crippen LogP contribution in [0.3, 0.4) is 0 Å². The molecule has 1 amide bonds. The van der Waals surface area contributed by atoms with E-state index in [1.165, 1.54) is 18.3 Å². The van der Waals surface area contributed by atoms with E-state index < -0.39 is 11.7 Å². The fourth-order valence-electron chi connectivity index (χ4n) is 3.62. The van der Waals surface area contributed by atoms with E-state index in [2.05, 4.69) is 33.9 Å². The number of anilines is 2. The van der Waals surface area contributed by atoms with E-state index in [4.69, 9.17) is 11.6 Å². The van der Waals surface area contributed by atoms with Crippen LogP contribution in [0.25, 0.3) is 0 Å². The van der Waals surface area contributed by atoms with Gasteiger partial charge in [-0.1, -0.05) is 11.6 Å². The lowest BCUT2D eigenvalue weighted by Crippen LogP contribution is -2.46. The first-order chi connectivity index (χ1) is 13.3. The number of benzene rings is 1. The maximum Gasteiger partial charge on any atom is 0.259 e. The lowest BCUT2D eigenvalue weighted by molar-refractivity contribution is 0.102. The normalized spacial score (nSPS) is 15.6. The molecule has 1 aliphatic rings. The van der Waals surface area contributed by atoms with Gasteiger partial charge in [-0.2, -0.15) is 0 Å². The molecule has 7 heteroatoms.